The lowest BCUT2D eigenvalue weighted by Crippen LogP contribution is -2.30. The second-order valence-electron chi connectivity index (χ2n) is 10.4. The summed E-state index contributed by atoms with van der Waals surface area (Å²) in [6.45, 7) is 6.79. The molecule has 2 aromatic carbocycles. The summed E-state index contributed by atoms with van der Waals surface area (Å²) in [6, 6.07) is 9.50. The van der Waals surface area contributed by atoms with Crippen LogP contribution in [0.3, 0.4) is 0 Å². The van der Waals surface area contributed by atoms with Crippen LogP contribution in [0.2, 0.25) is 0 Å². The highest BCUT2D eigenvalue weighted by Crippen LogP contribution is 2.45. The average molecular weight is 505 g/mol. The van der Waals surface area contributed by atoms with Crippen molar-refractivity contribution in [2.45, 2.75) is 58.9 Å². The molecule has 3 aromatic rings. The number of rotatable bonds is 6. The van der Waals surface area contributed by atoms with Crippen LogP contribution in [0.4, 0.5) is 13.2 Å². The summed E-state index contributed by atoms with van der Waals surface area (Å²) in [5.74, 6) is 0.902. The first-order chi connectivity index (χ1) is 16.9. The van der Waals surface area contributed by atoms with Crippen molar-refractivity contribution >= 4 is 17.0 Å². The summed E-state index contributed by atoms with van der Waals surface area (Å²) >= 11 is 0. The third-order valence-electron chi connectivity index (χ3n) is 6.74. The van der Waals surface area contributed by atoms with Gasteiger partial charge < -0.3 is 18.8 Å². The summed E-state index contributed by atoms with van der Waals surface area (Å²) in [7, 11) is 2.82. The largest absolute Gasteiger partial charge is 0.573 e. The number of imidazole rings is 1. The molecule has 1 heterocycles. The SMILES string of the molecule is COC(=O)c1cc2nc(Cc3ccc(OC(F)(F)F)cc3)n([C@H]3C[C@@H](C)CC(C)(C)C3)c2cc1OC. The Bertz CT molecular complexity index is 1250. The Balaban J connectivity index is 1.80. The van der Waals surface area contributed by atoms with E-state index in [1.165, 1.54) is 26.4 Å². The first-order valence-electron chi connectivity index (χ1n) is 11.9. The van der Waals surface area contributed by atoms with Crippen LogP contribution >= 0.6 is 0 Å². The van der Waals surface area contributed by atoms with Crippen LogP contribution in [0.1, 0.15) is 67.8 Å². The van der Waals surface area contributed by atoms with Crippen LogP contribution in [0.25, 0.3) is 11.0 Å². The molecule has 0 unspecified atom stereocenters. The number of halogens is 3. The van der Waals surface area contributed by atoms with Crippen molar-refractivity contribution in [3.05, 3.63) is 53.3 Å². The van der Waals surface area contributed by atoms with Crippen molar-refractivity contribution in [3.8, 4) is 11.5 Å². The molecule has 1 fully saturated rings. The predicted octanol–water partition coefficient (Wildman–Crippen LogP) is 6.71. The van der Waals surface area contributed by atoms with Crippen molar-refractivity contribution in [1.29, 1.82) is 0 Å². The van der Waals surface area contributed by atoms with Gasteiger partial charge in [-0.1, -0.05) is 32.9 Å². The first kappa shape index (κ1) is 25.9. The number of alkyl halides is 3. The van der Waals surface area contributed by atoms with E-state index in [0.29, 0.717) is 23.6 Å². The maximum atomic E-state index is 12.6. The topological polar surface area (TPSA) is 62.6 Å². The van der Waals surface area contributed by atoms with Gasteiger partial charge in [0.2, 0.25) is 0 Å². The molecule has 0 bridgehead atoms. The van der Waals surface area contributed by atoms with Crippen molar-refractivity contribution in [2.75, 3.05) is 14.2 Å². The van der Waals surface area contributed by atoms with Gasteiger partial charge in [-0.3, -0.25) is 0 Å². The van der Waals surface area contributed by atoms with Crippen molar-refractivity contribution in [2.24, 2.45) is 11.3 Å². The van der Waals surface area contributed by atoms with Gasteiger partial charge in [0, 0.05) is 18.5 Å². The number of aromatic nitrogens is 2. The highest BCUT2D eigenvalue weighted by Gasteiger charge is 2.35. The fraction of sp³-hybridized carbons (Fsp3) is 0.481. The van der Waals surface area contributed by atoms with Gasteiger partial charge in [0.05, 0.1) is 25.3 Å². The Hall–Kier alpha value is -3.23. The molecule has 0 saturated heterocycles. The van der Waals surface area contributed by atoms with Gasteiger partial charge in [-0.2, -0.15) is 0 Å². The molecule has 0 amide bonds. The van der Waals surface area contributed by atoms with E-state index in [1.54, 1.807) is 18.2 Å². The number of fused-ring (bicyclic) bond motifs is 1. The minimum absolute atomic E-state index is 0.142. The smallest absolute Gasteiger partial charge is 0.496 e. The summed E-state index contributed by atoms with van der Waals surface area (Å²) < 4.78 is 54.3. The monoisotopic (exact) mass is 504 g/mol. The normalized spacial score (nSPS) is 19.8. The number of ether oxygens (including phenoxy) is 3. The zero-order valence-corrected chi connectivity index (χ0v) is 21.1. The molecule has 2 atom stereocenters. The van der Waals surface area contributed by atoms with Gasteiger partial charge >= 0.3 is 12.3 Å². The van der Waals surface area contributed by atoms with Gasteiger partial charge in [0.1, 0.15) is 22.9 Å². The predicted molar refractivity (Wildman–Crippen MR) is 129 cm³/mol. The molecule has 6 nitrogen and oxygen atoms in total. The molecular formula is C27H31F3N2O4. The molecule has 36 heavy (non-hydrogen) atoms. The summed E-state index contributed by atoms with van der Waals surface area (Å²) in [5, 5.41) is 0. The minimum Gasteiger partial charge on any atom is -0.496 e. The van der Waals surface area contributed by atoms with Gasteiger partial charge in [-0.25, -0.2) is 9.78 Å². The number of esters is 1. The molecular weight excluding hydrogens is 473 g/mol. The van der Waals surface area contributed by atoms with Crippen LogP contribution in [0.5, 0.6) is 11.5 Å². The fourth-order valence-corrected chi connectivity index (χ4v) is 5.63. The number of methoxy groups -OCH3 is 2. The Kier molecular flexibility index (Phi) is 6.94. The van der Waals surface area contributed by atoms with E-state index in [0.717, 1.165) is 36.2 Å². The number of hydrogen-bond acceptors (Lipinski definition) is 5. The van der Waals surface area contributed by atoms with Gasteiger partial charge in [-0.05, 0) is 54.4 Å². The van der Waals surface area contributed by atoms with E-state index in [1.807, 2.05) is 6.07 Å². The molecule has 1 aliphatic rings. The van der Waals surface area contributed by atoms with Crippen molar-refractivity contribution in [3.63, 3.8) is 0 Å². The van der Waals surface area contributed by atoms with Crippen molar-refractivity contribution in [1.82, 2.24) is 9.55 Å². The Morgan fingerprint density at radius 2 is 1.83 bits per heavy atom. The third kappa shape index (κ3) is 5.60. The van der Waals surface area contributed by atoms with Crippen LogP contribution in [0, 0.1) is 11.3 Å². The zero-order chi connectivity index (χ0) is 26.3. The standard InChI is InChI=1S/C27H31F3N2O4/c1-16-10-18(15-26(2,3)14-16)32-22-13-23(34-4)20(25(33)35-5)12-21(22)31-24(32)11-17-6-8-19(9-7-17)36-27(28,29)30/h6-9,12-13,16,18H,10-11,14-15H2,1-5H3/t16-,18+/m1/s1. The Labute approximate surface area is 208 Å². The number of carbonyl (C=O) groups is 1. The molecule has 1 aromatic heterocycles. The molecule has 0 N–H and O–H groups in total. The van der Waals surface area contributed by atoms with E-state index >= 15 is 0 Å². The molecule has 9 heteroatoms. The molecule has 194 valence electrons. The van der Waals surface area contributed by atoms with E-state index in [2.05, 4.69) is 30.1 Å². The molecule has 1 aliphatic carbocycles. The van der Waals surface area contributed by atoms with E-state index in [9.17, 15) is 18.0 Å². The van der Waals surface area contributed by atoms with Gasteiger partial charge in [-0.15, -0.1) is 13.2 Å². The first-order valence-corrected chi connectivity index (χ1v) is 11.9. The van der Waals surface area contributed by atoms with Gasteiger partial charge in [0.25, 0.3) is 0 Å². The lowest BCUT2D eigenvalue weighted by Gasteiger charge is -2.40. The van der Waals surface area contributed by atoms with E-state index in [-0.39, 0.29) is 22.8 Å². The maximum Gasteiger partial charge on any atom is 0.573 e. The van der Waals surface area contributed by atoms with E-state index < -0.39 is 12.3 Å². The number of benzene rings is 2. The lowest BCUT2D eigenvalue weighted by atomic mass is 9.70. The highest BCUT2D eigenvalue weighted by molar-refractivity contribution is 5.97. The summed E-state index contributed by atoms with van der Waals surface area (Å²) in [5.41, 5.74) is 2.71. The van der Waals surface area contributed by atoms with Crippen LogP contribution in [-0.4, -0.2) is 36.1 Å². The molecule has 0 spiro atoms. The highest BCUT2D eigenvalue weighted by atomic mass is 19.4. The quantitative estimate of drug-likeness (QED) is 0.349. The fourth-order valence-electron chi connectivity index (χ4n) is 5.63. The molecule has 0 aliphatic heterocycles. The summed E-state index contributed by atoms with van der Waals surface area (Å²) in [6.07, 6.45) is -1.28. The second-order valence-corrected chi connectivity index (χ2v) is 10.4. The Morgan fingerprint density at radius 1 is 1.14 bits per heavy atom. The van der Waals surface area contributed by atoms with Crippen LogP contribution in [-0.2, 0) is 11.2 Å². The van der Waals surface area contributed by atoms with E-state index in [4.69, 9.17) is 14.5 Å². The minimum atomic E-state index is -4.74. The molecule has 4 rings (SSSR count). The maximum absolute atomic E-state index is 12.6. The molecule has 0 radical (unpaired) electrons. The number of carbonyl (C=O) groups excluding carboxylic acids is 1. The van der Waals surface area contributed by atoms with Crippen molar-refractivity contribution < 1.29 is 32.2 Å². The Morgan fingerprint density at radius 3 is 2.42 bits per heavy atom. The number of nitrogens with zero attached hydrogens (tertiary/aromatic N) is 2. The third-order valence-corrected chi connectivity index (χ3v) is 6.74. The lowest BCUT2D eigenvalue weighted by molar-refractivity contribution is -0.274. The second kappa shape index (κ2) is 9.67. The van der Waals surface area contributed by atoms with Crippen LogP contribution < -0.4 is 9.47 Å². The summed E-state index contributed by atoms with van der Waals surface area (Å²) in [4.78, 5) is 17.2. The molecule has 1 saturated carbocycles. The zero-order valence-electron chi connectivity index (χ0n) is 21.1. The number of hydrogen-bond donors (Lipinski definition) is 0. The average Bonchev–Trinajstić information content (AvgIpc) is 3.13. The van der Waals surface area contributed by atoms with Crippen LogP contribution in [0.15, 0.2) is 36.4 Å². The van der Waals surface area contributed by atoms with Gasteiger partial charge in [0.15, 0.2) is 0 Å².